The molecule has 0 saturated carbocycles. The van der Waals surface area contributed by atoms with Crippen LogP contribution in [-0.4, -0.2) is 52.0 Å². The molecule has 0 unspecified atom stereocenters. The van der Waals surface area contributed by atoms with Crippen molar-refractivity contribution >= 4 is 23.1 Å². The van der Waals surface area contributed by atoms with Crippen molar-refractivity contribution in [3.8, 4) is 11.5 Å². The molecule has 2 aliphatic rings. The SMILES string of the molecule is CC1CCN(c2ccc3nnc(CCC(=O)Nc4ccc5c(c4)OCCO5)n3n2)CC1. The summed E-state index contributed by atoms with van der Waals surface area (Å²) in [5.74, 6) is 3.62. The van der Waals surface area contributed by atoms with Crippen molar-refractivity contribution in [1.82, 2.24) is 19.8 Å². The second-order valence-corrected chi connectivity index (χ2v) is 8.15. The largest absolute Gasteiger partial charge is 0.486 e. The molecular weight excluding hydrogens is 396 g/mol. The van der Waals surface area contributed by atoms with Gasteiger partial charge >= 0.3 is 0 Å². The van der Waals surface area contributed by atoms with Gasteiger partial charge in [0.25, 0.3) is 0 Å². The maximum atomic E-state index is 12.5. The van der Waals surface area contributed by atoms with Crippen molar-refractivity contribution < 1.29 is 14.3 Å². The first-order valence-electron chi connectivity index (χ1n) is 10.8. The minimum atomic E-state index is -0.102. The number of anilines is 2. The maximum absolute atomic E-state index is 12.5. The number of carbonyl (C=O) groups is 1. The number of nitrogens with zero attached hydrogens (tertiary/aromatic N) is 5. The van der Waals surface area contributed by atoms with Gasteiger partial charge in [0, 0.05) is 37.7 Å². The van der Waals surface area contributed by atoms with E-state index in [0.29, 0.717) is 48.3 Å². The number of hydrogen-bond donors (Lipinski definition) is 1. The molecule has 31 heavy (non-hydrogen) atoms. The van der Waals surface area contributed by atoms with E-state index in [1.54, 1.807) is 10.6 Å². The molecule has 2 aliphatic heterocycles. The van der Waals surface area contributed by atoms with E-state index in [-0.39, 0.29) is 12.3 Å². The van der Waals surface area contributed by atoms with Crippen molar-refractivity contribution in [2.45, 2.75) is 32.6 Å². The summed E-state index contributed by atoms with van der Waals surface area (Å²) in [5, 5.41) is 16.1. The lowest BCUT2D eigenvalue weighted by molar-refractivity contribution is -0.116. The molecular formula is C22H26N6O3. The number of nitrogens with one attached hydrogen (secondary N) is 1. The number of ether oxygens (including phenoxy) is 2. The number of amides is 1. The third-order valence-electron chi connectivity index (χ3n) is 5.82. The molecule has 5 rings (SSSR count). The maximum Gasteiger partial charge on any atom is 0.224 e. The van der Waals surface area contributed by atoms with E-state index in [1.165, 1.54) is 12.8 Å². The monoisotopic (exact) mass is 422 g/mol. The van der Waals surface area contributed by atoms with Gasteiger partial charge in [0.15, 0.2) is 23.0 Å². The molecule has 1 N–H and O–H groups in total. The summed E-state index contributed by atoms with van der Waals surface area (Å²) >= 11 is 0. The van der Waals surface area contributed by atoms with Crippen LogP contribution in [0.1, 0.15) is 32.0 Å². The molecule has 9 nitrogen and oxygen atoms in total. The summed E-state index contributed by atoms with van der Waals surface area (Å²) in [4.78, 5) is 14.8. The van der Waals surface area contributed by atoms with Crippen molar-refractivity contribution in [2.75, 3.05) is 36.5 Å². The average Bonchev–Trinajstić information content (AvgIpc) is 3.20. The highest BCUT2D eigenvalue weighted by molar-refractivity contribution is 5.91. The van der Waals surface area contributed by atoms with Gasteiger partial charge in [-0.2, -0.15) is 4.52 Å². The van der Waals surface area contributed by atoms with Crippen molar-refractivity contribution in [3.05, 3.63) is 36.2 Å². The van der Waals surface area contributed by atoms with Crippen LogP contribution in [0.3, 0.4) is 0 Å². The normalized spacial score (nSPS) is 16.5. The summed E-state index contributed by atoms with van der Waals surface area (Å²) in [6.45, 7) is 5.36. The van der Waals surface area contributed by atoms with E-state index in [1.807, 2.05) is 24.3 Å². The van der Waals surface area contributed by atoms with Crippen LogP contribution in [0, 0.1) is 5.92 Å². The van der Waals surface area contributed by atoms with Crippen LogP contribution < -0.4 is 19.7 Å². The number of carbonyl (C=O) groups excluding carboxylic acids is 1. The van der Waals surface area contributed by atoms with Crippen molar-refractivity contribution in [1.29, 1.82) is 0 Å². The molecule has 0 aliphatic carbocycles. The highest BCUT2D eigenvalue weighted by Crippen LogP contribution is 2.32. The van der Waals surface area contributed by atoms with E-state index in [2.05, 4.69) is 27.3 Å². The van der Waals surface area contributed by atoms with Gasteiger partial charge in [-0.05, 0) is 43.0 Å². The summed E-state index contributed by atoms with van der Waals surface area (Å²) in [6.07, 6.45) is 3.08. The van der Waals surface area contributed by atoms with Gasteiger partial charge < -0.3 is 19.7 Å². The van der Waals surface area contributed by atoms with Gasteiger partial charge in [-0.25, -0.2) is 0 Å². The Hall–Kier alpha value is -3.36. The first kappa shape index (κ1) is 19.6. The Kier molecular flexibility index (Phi) is 5.31. The zero-order valence-corrected chi connectivity index (χ0v) is 17.6. The smallest absolute Gasteiger partial charge is 0.224 e. The van der Waals surface area contributed by atoms with Crippen molar-refractivity contribution in [2.24, 2.45) is 5.92 Å². The first-order valence-corrected chi connectivity index (χ1v) is 10.8. The lowest BCUT2D eigenvalue weighted by Gasteiger charge is -2.30. The van der Waals surface area contributed by atoms with E-state index < -0.39 is 0 Å². The topological polar surface area (TPSA) is 93.9 Å². The molecule has 0 atom stereocenters. The van der Waals surface area contributed by atoms with E-state index in [0.717, 1.165) is 24.8 Å². The van der Waals surface area contributed by atoms with Gasteiger partial charge in [0.05, 0.1) is 0 Å². The summed E-state index contributed by atoms with van der Waals surface area (Å²) in [6, 6.07) is 9.34. The van der Waals surface area contributed by atoms with Gasteiger partial charge in [0.1, 0.15) is 19.0 Å². The van der Waals surface area contributed by atoms with Crippen LogP contribution in [0.25, 0.3) is 5.65 Å². The van der Waals surface area contributed by atoms with E-state index in [4.69, 9.17) is 14.6 Å². The predicted molar refractivity (Wildman–Crippen MR) is 116 cm³/mol. The lowest BCUT2D eigenvalue weighted by atomic mass is 9.99. The molecule has 3 aromatic rings. The Labute approximate surface area is 180 Å². The number of fused-ring (bicyclic) bond motifs is 2. The van der Waals surface area contributed by atoms with Crippen LogP contribution in [0.4, 0.5) is 11.5 Å². The fourth-order valence-electron chi connectivity index (χ4n) is 3.96. The highest BCUT2D eigenvalue weighted by Gasteiger charge is 2.19. The van der Waals surface area contributed by atoms with Crippen LogP contribution in [-0.2, 0) is 11.2 Å². The second kappa shape index (κ2) is 8.41. The van der Waals surface area contributed by atoms with Crippen LogP contribution in [0.15, 0.2) is 30.3 Å². The number of hydrogen-bond acceptors (Lipinski definition) is 7. The molecule has 1 aromatic carbocycles. The third kappa shape index (κ3) is 4.26. The summed E-state index contributed by atoms with van der Waals surface area (Å²) < 4.78 is 12.8. The number of rotatable bonds is 5. The molecule has 0 bridgehead atoms. The van der Waals surface area contributed by atoms with Gasteiger partial charge in [-0.1, -0.05) is 6.92 Å². The Bertz CT molecular complexity index is 1090. The molecule has 1 fully saturated rings. The Balaban J connectivity index is 1.24. The Morgan fingerprint density at radius 3 is 2.74 bits per heavy atom. The first-order chi connectivity index (χ1) is 15.2. The van der Waals surface area contributed by atoms with Gasteiger partial charge in [0.2, 0.25) is 5.91 Å². The fraction of sp³-hybridized carbons (Fsp3) is 0.455. The number of aromatic nitrogens is 4. The fourth-order valence-corrected chi connectivity index (χ4v) is 3.96. The number of piperidine rings is 1. The molecule has 0 radical (unpaired) electrons. The molecule has 1 saturated heterocycles. The molecule has 1 amide bonds. The van der Waals surface area contributed by atoms with E-state index in [9.17, 15) is 4.79 Å². The Morgan fingerprint density at radius 1 is 1.10 bits per heavy atom. The van der Waals surface area contributed by atoms with Gasteiger partial charge in [-0.3, -0.25) is 4.79 Å². The Morgan fingerprint density at radius 2 is 1.90 bits per heavy atom. The summed E-state index contributed by atoms with van der Waals surface area (Å²) in [7, 11) is 0. The minimum Gasteiger partial charge on any atom is -0.486 e. The standard InChI is InChI=1S/C22H26N6O3/c1-15-8-10-27(11-9-15)21-5-4-19-24-25-20(28(19)26-21)6-7-22(29)23-16-2-3-17-18(14-16)31-13-12-30-17/h2-5,14-15H,6-13H2,1H3,(H,23,29). The highest BCUT2D eigenvalue weighted by atomic mass is 16.6. The molecule has 9 heteroatoms. The molecule has 0 spiro atoms. The third-order valence-corrected chi connectivity index (χ3v) is 5.82. The van der Waals surface area contributed by atoms with Gasteiger partial charge in [-0.15, -0.1) is 15.3 Å². The summed E-state index contributed by atoms with van der Waals surface area (Å²) in [5.41, 5.74) is 1.37. The second-order valence-electron chi connectivity index (χ2n) is 8.15. The average molecular weight is 422 g/mol. The number of benzene rings is 1. The molecule has 2 aromatic heterocycles. The van der Waals surface area contributed by atoms with Crippen LogP contribution in [0.2, 0.25) is 0 Å². The molecule has 4 heterocycles. The van der Waals surface area contributed by atoms with Crippen molar-refractivity contribution in [3.63, 3.8) is 0 Å². The minimum absolute atomic E-state index is 0.102. The molecule has 162 valence electrons. The zero-order valence-electron chi connectivity index (χ0n) is 17.6. The quantitative estimate of drug-likeness (QED) is 0.676. The zero-order chi connectivity index (χ0) is 21.2. The van der Waals surface area contributed by atoms with Crippen LogP contribution in [0.5, 0.6) is 11.5 Å². The predicted octanol–water partition coefficient (Wildman–Crippen LogP) is 2.70. The van der Waals surface area contributed by atoms with E-state index >= 15 is 0 Å². The van der Waals surface area contributed by atoms with Crippen LogP contribution >= 0.6 is 0 Å². The number of aryl methyl sites for hydroxylation is 1. The lowest BCUT2D eigenvalue weighted by Crippen LogP contribution is -2.33.